The van der Waals surface area contributed by atoms with Crippen LogP contribution in [0.2, 0.25) is 0 Å². The van der Waals surface area contributed by atoms with E-state index >= 15 is 0 Å². The normalized spacial score (nSPS) is 12.4. The van der Waals surface area contributed by atoms with Crippen LogP contribution in [0.4, 0.5) is 0 Å². The maximum atomic E-state index is 11.8. The Morgan fingerprint density at radius 3 is 2.53 bits per heavy atom. The van der Waals surface area contributed by atoms with Crippen molar-refractivity contribution in [3.63, 3.8) is 0 Å². The summed E-state index contributed by atoms with van der Waals surface area (Å²) in [4.78, 5) is 23.4. The van der Waals surface area contributed by atoms with Crippen LogP contribution in [0.5, 0.6) is 0 Å². The van der Waals surface area contributed by atoms with Crippen LogP contribution in [-0.2, 0) is 13.6 Å². The summed E-state index contributed by atoms with van der Waals surface area (Å²) in [6.45, 7) is 2.27. The Labute approximate surface area is 110 Å². The summed E-state index contributed by atoms with van der Waals surface area (Å²) in [5.41, 5.74) is 7.08. The molecule has 1 aromatic heterocycles. The molecule has 0 fully saturated rings. The molecule has 19 heavy (non-hydrogen) atoms. The van der Waals surface area contributed by atoms with Gasteiger partial charge in [-0.15, -0.1) is 0 Å². The smallest absolute Gasteiger partial charge is 0.316 e. The SMILES string of the molecule is Cc1ccccc1C(N)Cn1ccn(C)c(=O)c1=O. The van der Waals surface area contributed by atoms with Gasteiger partial charge in [0.25, 0.3) is 0 Å². The lowest BCUT2D eigenvalue weighted by Crippen LogP contribution is -2.41. The van der Waals surface area contributed by atoms with Crippen LogP contribution in [0, 0.1) is 6.92 Å². The van der Waals surface area contributed by atoms with E-state index in [0.29, 0.717) is 6.54 Å². The lowest BCUT2D eigenvalue weighted by Gasteiger charge is -2.16. The van der Waals surface area contributed by atoms with E-state index in [1.54, 1.807) is 19.4 Å². The van der Waals surface area contributed by atoms with Crippen LogP contribution in [0.25, 0.3) is 0 Å². The topological polar surface area (TPSA) is 70.0 Å². The monoisotopic (exact) mass is 259 g/mol. The third-order valence-corrected chi connectivity index (χ3v) is 3.22. The average molecular weight is 259 g/mol. The Morgan fingerprint density at radius 2 is 1.84 bits per heavy atom. The van der Waals surface area contributed by atoms with Gasteiger partial charge in [-0.1, -0.05) is 24.3 Å². The number of aryl methyl sites for hydroxylation is 2. The molecule has 2 N–H and O–H groups in total. The molecule has 2 rings (SSSR count). The minimum absolute atomic E-state index is 0.291. The molecule has 5 heteroatoms. The molecule has 0 aliphatic carbocycles. The van der Waals surface area contributed by atoms with Gasteiger partial charge in [0.15, 0.2) is 0 Å². The predicted molar refractivity (Wildman–Crippen MR) is 74.1 cm³/mol. The largest absolute Gasteiger partial charge is 0.322 e. The molecule has 1 heterocycles. The third-order valence-electron chi connectivity index (χ3n) is 3.22. The maximum Gasteiger partial charge on any atom is 0.316 e. The van der Waals surface area contributed by atoms with Crippen LogP contribution in [0.1, 0.15) is 17.2 Å². The second kappa shape index (κ2) is 5.24. The summed E-state index contributed by atoms with van der Waals surface area (Å²) in [7, 11) is 1.55. The van der Waals surface area contributed by atoms with Crippen molar-refractivity contribution in [3.05, 3.63) is 68.5 Å². The third kappa shape index (κ3) is 2.66. The Balaban J connectivity index is 2.33. The number of nitrogens with zero attached hydrogens (tertiary/aromatic N) is 2. The maximum absolute atomic E-state index is 11.8. The van der Waals surface area contributed by atoms with Crippen LogP contribution in [0.15, 0.2) is 46.2 Å². The summed E-state index contributed by atoms with van der Waals surface area (Å²) < 4.78 is 2.62. The van der Waals surface area contributed by atoms with Gasteiger partial charge in [-0.3, -0.25) is 9.59 Å². The molecule has 0 saturated heterocycles. The van der Waals surface area contributed by atoms with Gasteiger partial charge < -0.3 is 14.9 Å². The first-order valence-electron chi connectivity index (χ1n) is 6.08. The van der Waals surface area contributed by atoms with Crippen LogP contribution in [-0.4, -0.2) is 9.13 Å². The number of rotatable bonds is 3. The van der Waals surface area contributed by atoms with Gasteiger partial charge in [0, 0.05) is 32.0 Å². The minimum atomic E-state index is -0.547. The van der Waals surface area contributed by atoms with E-state index in [-0.39, 0.29) is 6.04 Å². The number of nitrogens with two attached hydrogens (primary N) is 1. The molecule has 1 aromatic carbocycles. The molecule has 1 atom stereocenters. The fourth-order valence-electron chi connectivity index (χ4n) is 2.05. The van der Waals surface area contributed by atoms with Crippen LogP contribution < -0.4 is 16.9 Å². The van der Waals surface area contributed by atoms with E-state index in [1.165, 1.54) is 9.13 Å². The van der Waals surface area contributed by atoms with E-state index in [1.807, 2.05) is 31.2 Å². The highest BCUT2D eigenvalue weighted by Crippen LogP contribution is 2.15. The lowest BCUT2D eigenvalue weighted by molar-refractivity contribution is 0.546. The zero-order valence-electron chi connectivity index (χ0n) is 11.0. The molecule has 0 spiro atoms. The van der Waals surface area contributed by atoms with Crippen molar-refractivity contribution < 1.29 is 0 Å². The van der Waals surface area contributed by atoms with E-state index in [4.69, 9.17) is 5.73 Å². The quantitative estimate of drug-likeness (QED) is 0.819. The lowest BCUT2D eigenvalue weighted by atomic mass is 10.0. The number of aromatic nitrogens is 2. The van der Waals surface area contributed by atoms with Crippen molar-refractivity contribution in [2.45, 2.75) is 19.5 Å². The Morgan fingerprint density at radius 1 is 1.16 bits per heavy atom. The van der Waals surface area contributed by atoms with Crippen molar-refractivity contribution in [1.29, 1.82) is 0 Å². The molecule has 0 aliphatic rings. The fraction of sp³-hybridized carbons (Fsp3) is 0.286. The van der Waals surface area contributed by atoms with Crippen molar-refractivity contribution >= 4 is 0 Å². The molecule has 5 nitrogen and oxygen atoms in total. The molecule has 0 radical (unpaired) electrons. The first kappa shape index (κ1) is 13.3. The van der Waals surface area contributed by atoms with Crippen molar-refractivity contribution in [3.8, 4) is 0 Å². The number of hydrogen-bond donors (Lipinski definition) is 1. The highest BCUT2D eigenvalue weighted by molar-refractivity contribution is 5.28. The van der Waals surface area contributed by atoms with Crippen molar-refractivity contribution in [1.82, 2.24) is 9.13 Å². The van der Waals surface area contributed by atoms with E-state index in [2.05, 4.69) is 0 Å². The standard InChI is InChI=1S/C14H17N3O2/c1-10-5-3-4-6-11(10)12(15)9-17-8-7-16(2)13(18)14(17)19/h3-8,12H,9,15H2,1-2H3. The molecule has 0 bridgehead atoms. The second-order valence-corrected chi connectivity index (χ2v) is 4.63. The summed E-state index contributed by atoms with van der Waals surface area (Å²) in [6, 6.07) is 7.45. The van der Waals surface area contributed by atoms with Crippen LogP contribution in [0.3, 0.4) is 0 Å². The summed E-state index contributed by atoms with van der Waals surface area (Å²) >= 11 is 0. The van der Waals surface area contributed by atoms with Crippen molar-refractivity contribution in [2.24, 2.45) is 12.8 Å². The van der Waals surface area contributed by atoms with Gasteiger partial charge in [0.2, 0.25) is 0 Å². The van der Waals surface area contributed by atoms with Gasteiger partial charge in [0.1, 0.15) is 0 Å². The summed E-state index contributed by atoms with van der Waals surface area (Å²) in [6.07, 6.45) is 3.15. The highest BCUT2D eigenvalue weighted by atomic mass is 16.2. The van der Waals surface area contributed by atoms with Gasteiger partial charge in [-0.2, -0.15) is 0 Å². The first-order valence-corrected chi connectivity index (χ1v) is 6.08. The molecule has 0 amide bonds. The second-order valence-electron chi connectivity index (χ2n) is 4.63. The molecule has 1 unspecified atom stereocenters. The average Bonchev–Trinajstić information content (AvgIpc) is 2.40. The molecule has 0 saturated carbocycles. The predicted octanol–water partition coefficient (Wildman–Crippen LogP) is 0.555. The van der Waals surface area contributed by atoms with E-state index in [9.17, 15) is 9.59 Å². The number of hydrogen-bond acceptors (Lipinski definition) is 3. The van der Waals surface area contributed by atoms with Gasteiger partial charge in [-0.05, 0) is 18.1 Å². The fourth-order valence-corrected chi connectivity index (χ4v) is 2.05. The highest BCUT2D eigenvalue weighted by Gasteiger charge is 2.11. The minimum Gasteiger partial charge on any atom is -0.322 e. The van der Waals surface area contributed by atoms with Gasteiger partial charge >= 0.3 is 11.1 Å². The van der Waals surface area contributed by atoms with Gasteiger partial charge in [0.05, 0.1) is 0 Å². The van der Waals surface area contributed by atoms with E-state index < -0.39 is 11.1 Å². The molecular weight excluding hydrogens is 242 g/mol. The Kier molecular flexibility index (Phi) is 3.66. The van der Waals surface area contributed by atoms with Crippen molar-refractivity contribution in [2.75, 3.05) is 0 Å². The zero-order valence-corrected chi connectivity index (χ0v) is 11.0. The molecular formula is C14H17N3O2. The van der Waals surface area contributed by atoms with Gasteiger partial charge in [-0.25, -0.2) is 0 Å². The van der Waals surface area contributed by atoms with E-state index in [0.717, 1.165) is 11.1 Å². The first-order chi connectivity index (χ1) is 9.00. The molecule has 0 aliphatic heterocycles. The summed E-state index contributed by atoms with van der Waals surface area (Å²) in [5, 5.41) is 0. The summed E-state index contributed by atoms with van der Waals surface area (Å²) in [5.74, 6) is 0. The Bertz CT molecular complexity index is 700. The Hall–Kier alpha value is -2.14. The number of benzene rings is 1. The van der Waals surface area contributed by atoms with Crippen LogP contribution >= 0.6 is 0 Å². The molecule has 2 aromatic rings. The zero-order chi connectivity index (χ0) is 14.0. The molecule has 100 valence electrons.